The number of hydrogen-bond acceptors (Lipinski definition) is 2. The van der Waals surface area contributed by atoms with Crippen molar-refractivity contribution in [3.8, 4) is 6.07 Å². The summed E-state index contributed by atoms with van der Waals surface area (Å²) in [6.07, 6.45) is 2.43. The summed E-state index contributed by atoms with van der Waals surface area (Å²) in [5.41, 5.74) is 0.808. The zero-order chi connectivity index (χ0) is 11.7. The largest absolute Gasteiger partial charge is 0.304 e. The smallest absolute Gasteiger partial charge is 0.117 e. The predicted molar refractivity (Wildman–Crippen MR) is 61.7 cm³/mol. The van der Waals surface area contributed by atoms with Crippen LogP contribution in [-0.2, 0) is 0 Å². The quantitative estimate of drug-likeness (QED) is 0.661. The van der Waals surface area contributed by atoms with E-state index in [1.165, 1.54) is 0 Å². The SMILES string of the molecule is CN1CC(C#N)C(C2=C(F)C(Cl)CCC2)C1. The highest BCUT2D eigenvalue weighted by molar-refractivity contribution is 6.22. The minimum Gasteiger partial charge on any atom is -0.304 e. The van der Waals surface area contributed by atoms with Crippen LogP contribution < -0.4 is 0 Å². The Balaban J connectivity index is 2.24. The van der Waals surface area contributed by atoms with Crippen molar-refractivity contribution in [3.63, 3.8) is 0 Å². The molecule has 1 heterocycles. The summed E-state index contributed by atoms with van der Waals surface area (Å²) in [4.78, 5) is 2.09. The van der Waals surface area contributed by atoms with Gasteiger partial charge in [0.15, 0.2) is 0 Å². The lowest BCUT2D eigenvalue weighted by molar-refractivity contribution is 0.395. The first-order valence-corrected chi connectivity index (χ1v) is 6.17. The predicted octanol–water partition coefficient (Wildman–Crippen LogP) is 2.70. The monoisotopic (exact) mass is 242 g/mol. The van der Waals surface area contributed by atoms with Crippen molar-refractivity contribution in [3.05, 3.63) is 11.4 Å². The Morgan fingerprint density at radius 2 is 2.25 bits per heavy atom. The molecule has 0 amide bonds. The summed E-state index contributed by atoms with van der Waals surface area (Å²) in [7, 11) is 1.98. The molecule has 0 radical (unpaired) electrons. The number of halogens is 2. The molecular weight excluding hydrogens is 227 g/mol. The van der Waals surface area contributed by atoms with Crippen LogP contribution in [-0.4, -0.2) is 30.4 Å². The van der Waals surface area contributed by atoms with Crippen molar-refractivity contribution in [2.24, 2.45) is 11.8 Å². The van der Waals surface area contributed by atoms with E-state index in [1.54, 1.807) is 0 Å². The Bertz CT molecular complexity index is 347. The van der Waals surface area contributed by atoms with Gasteiger partial charge in [-0.3, -0.25) is 0 Å². The Hall–Kier alpha value is -0.590. The van der Waals surface area contributed by atoms with Crippen LogP contribution in [0.25, 0.3) is 0 Å². The molecule has 0 bridgehead atoms. The first-order chi connectivity index (χ1) is 7.63. The van der Waals surface area contributed by atoms with E-state index < -0.39 is 5.38 Å². The third kappa shape index (κ3) is 2.09. The molecule has 3 atom stereocenters. The van der Waals surface area contributed by atoms with Crippen LogP contribution in [0.1, 0.15) is 19.3 Å². The van der Waals surface area contributed by atoms with Gasteiger partial charge in [-0.05, 0) is 31.9 Å². The van der Waals surface area contributed by atoms with Crippen LogP contribution >= 0.6 is 11.6 Å². The van der Waals surface area contributed by atoms with Crippen LogP contribution in [0.3, 0.4) is 0 Å². The molecule has 88 valence electrons. The Labute approximate surface area is 101 Å². The minimum atomic E-state index is -0.464. The van der Waals surface area contributed by atoms with Gasteiger partial charge in [-0.25, -0.2) is 4.39 Å². The van der Waals surface area contributed by atoms with Gasteiger partial charge >= 0.3 is 0 Å². The molecule has 1 aliphatic heterocycles. The first-order valence-electron chi connectivity index (χ1n) is 5.74. The standard InChI is InChI=1S/C12H16ClFN2/c1-16-6-8(5-15)10(7-16)9-3-2-4-11(13)12(9)14/h8,10-11H,2-4,6-7H2,1H3. The molecule has 1 fully saturated rings. The van der Waals surface area contributed by atoms with Crippen molar-refractivity contribution in [2.45, 2.75) is 24.6 Å². The molecule has 0 aromatic carbocycles. The fourth-order valence-electron chi connectivity index (χ4n) is 2.77. The second-order valence-corrected chi connectivity index (χ2v) is 5.32. The third-order valence-corrected chi connectivity index (χ3v) is 4.01. The number of allylic oxidation sites excluding steroid dienone is 1. The van der Waals surface area contributed by atoms with Crippen molar-refractivity contribution in [1.29, 1.82) is 5.26 Å². The average molecular weight is 243 g/mol. The van der Waals surface area contributed by atoms with Gasteiger partial charge in [0.05, 0.1) is 17.4 Å². The molecule has 2 aliphatic rings. The summed E-state index contributed by atoms with van der Waals surface area (Å²) in [6, 6.07) is 2.29. The number of rotatable bonds is 1. The molecule has 3 unspecified atom stereocenters. The van der Waals surface area contributed by atoms with Gasteiger partial charge in [0.2, 0.25) is 0 Å². The molecule has 0 saturated carbocycles. The number of nitrogens with zero attached hydrogens (tertiary/aromatic N) is 2. The number of nitriles is 1. The molecule has 2 rings (SSSR count). The van der Waals surface area contributed by atoms with Crippen LogP contribution in [0.2, 0.25) is 0 Å². The lowest BCUT2D eigenvalue weighted by atomic mass is 9.83. The van der Waals surface area contributed by atoms with Gasteiger partial charge < -0.3 is 4.90 Å². The van der Waals surface area contributed by atoms with Crippen molar-refractivity contribution < 1.29 is 4.39 Å². The maximum Gasteiger partial charge on any atom is 0.117 e. The molecule has 1 aliphatic carbocycles. The fraction of sp³-hybridized carbons (Fsp3) is 0.750. The summed E-state index contributed by atoms with van der Waals surface area (Å²) >= 11 is 5.94. The van der Waals surface area contributed by atoms with Gasteiger partial charge in [-0.15, -0.1) is 11.6 Å². The van der Waals surface area contributed by atoms with E-state index in [-0.39, 0.29) is 17.7 Å². The summed E-state index contributed by atoms with van der Waals surface area (Å²) in [5, 5.41) is 8.62. The molecular formula is C12H16ClFN2. The molecule has 2 nitrogen and oxygen atoms in total. The van der Waals surface area contributed by atoms with Gasteiger partial charge in [-0.2, -0.15) is 5.26 Å². The summed E-state index contributed by atoms with van der Waals surface area (Å²) in [6.45, 7) is 1.52. The van der Waals surface area contributed by atoms with E-state index in [9.17, 15) is 4.39 Å². The molecule has 0 spiro atoms. The maximum absolute atomic E-state index is 13.9. The Morgan fingerprint density at radius 1 is 1.50 bits per heavy atom. The van der Waals surface area contributed by atoms with E-state index in [0.717, 1.165) is 37.9 Å². The molecule has 0 N–H and O–H groups in total. The van der Waals surface area contributed by atoms with Gasteiger partial charge in [-0.1, -0.05) is 0 Å². The average Bonchev–Trinajstić information content (AvgIpc) is 2.63. The maximum atomic E-state index is 13.9. The zero-order valence-electron chi connectivity index (χ0n) is 9.42. The normalized spacial score (nSPS) is 36.5. The summed E-state index contributed by atoms with van der Waals surface area (Å²) in [5.74, 6) is -0.183. The molecule has 0 aromatic rings. The van der Waals surface area contributed by atoms with Crippen LogP contribution in [0.15, 0.2) is 11.4 Å². The van der Waals surface area contributed by atoms with Gasteiger partial charge in [0.1, 0.15) is 5.83 Å². The van der Waals surface area contributed by atoms with Crippen LogP contribution in [0, 0.1) is 23.2 Å². The van der Waals surface area contributed by atoms with Crippen molar-refractivity contribution in [1.82, 2.24) is 4.90 Å². The molecule has 16 heavy (non-hydrogen) atoms. The topological polar surface area (TPSA) is 27.0 Å². The van der Waals surface area contributed by atoms with E-state index in [2.05, 4.69) is 11.0 Å². The fourth-order valence-corrected chi connectivity index (χ4v) is 3.06. The molecule has 1 saturated heterocycles. The molecule has 4 heteroatoms. The second kappa shape index (κ2) is 4.73. The van der Waals surface area contributed by atoms with Crippen LogP contribution in [0.5, 0.6) is 0 Å². The lowest BCUT2D eigenvalue weighted by Crippen LogP contribution is -2.20. The van der Waals surface area contributed by atoms with E-state index >= 15 is 0 Å². The van der Waals surface area contributed by atoms with E-state index in [0.29, 0.717) is 0 Å². The van der Waals surface area contributed by atoms with Crippen molar-refractivity contribution >= 4 is 11.6 Å². The first kappa shape index (κ1) is 11.9. The lowest BCUT2D eigenvalue weighted by Gasteiger charge is -2.24. The number of alkyl halides is 1. The zero-order valence-corrected chi connectivity index (χ0v) is 10.2. The number of hydrogen-bond donors (Lipinski definition) is 0. The van der Waals surface area contributed by atoms with Gasteiger partial charge in [0, 0.05) is 19.0 Å². The Morgan fingerprint density at radius 3 is 2.94 bits per heavy atom. The highest BCUT2D eigenvalue weighted by atomic mass is 35.5. The third-order valence-electron chi connectivity index (χ3n) is 3.60. The minimum absolute atomic E-state index is 0.0524. The van der Waals surface area contributed by atoms with E-state index in [4.69, 9.17) is 16.9 Å². The molecule has 0 aromatic heterocycles. The van der Waals surface area contributed by atoms with Crippen molar-refractivity contribution in [2.75, 3.05) is 20.1 Å². The van der Waals surface area contributed by atoms with Gasteiger partial charge in [0.25, 0.3) is 0 Å². The van der Waals surface area contributed by atoms with Crippen LogP contribution in [0.4, 0.5) is 4.39 Å². The second-order valence-electron chi connectivity index (χ2n) is 4.80. The number of likely N-dealkylation sites (tertiary alicyclic amines) is 1. The Kier molecular flexibility index (Phi) is 3.51. The summed E-state index contributed by atoms with van der Waals surface area (Å²) < 4.78 is 13.9. The highest BCUT2D eigenvalue weighted by Gasteiger charge is 2.37. The highest BCUT2D eigenvalue weighted by Crippen LogP contribution is 2.39. The van der Waals surface area contributed by atoms with E-state index in [1.807, 2.05) is 7.05 Å².